The van der Waals surface area contributed by atoms with E-state index < -0.39 is 5.82 Å². The van der Waals surface area contributed by atoms with Gasteiger partial charge < -0.3 is 15.2 Å². The number of hydrogen-bond acceptors (Lipinski definition) is 4. The van der Waals surface area contributed by atoms with Crippen molar-refractivity contribution in [2.24, 2.45) is 0 Å². The van der Waals surface area contributed by atoms with Crippen molar-refractivity contribution in [2.45, 2.75) is 0 Å². The number of fused-ring (bicyclic) bond motifs is 1. The summed E-state index contributed by atoms with van der Waals surface area (Å²) < 4.78 is 24.5. The fourth-order valence-corrected chi connectivity index (χ4v) is 2.03. The van der Waals surface area contributed by atoms with Gasteiger partial charge in [-0.3, -0.25) is 4.98 Å². The number of methoxy groups -OCH3 is 1. The highest BCUT2D eigenvalue weighted by Gasteiger charge is 2.10. The second kappa shape index (κ2) is 5.28. The third-order valence-corrected chi connectivity index (χ3v) is 3.08. The molecule has 0 atom stereocenters. The first-order chi connectivity index (χ1) is 10.2. The molecule has 0 saturated carbocycles. The van der Waals surface area contributed by atoms with E-state index in [9.17, 15) is 4.39 Å². The van der Waals surface area contributed by atoms with Crippen molar-refractivity contribution in [2.75, 3.05) is 12.8 Å². The van der Waals surface area contributed by atoms with Crippen LogP contribution in [0.15, 0.2) is 48.7 Å². The number of pyridine rings is 1. The molecule has 0 bridgehead atoms. The van der Waals surface area contributed by atoms with Gasteiger partial charge in [-0.2, -0.15) is 0 Å². The Bertz CT molecular complexity index is 788. The van der Waals surface area contributed by atoms with Crippen LogP contribution in [0.4, 0.5) is 10.1 Å². The van der Waals surface area contributed by atoms with Crippen LogP contribution in [0, 0.1) is 5.82 Å². The molecule has 1 aromatic heterocycles. The topological polar surface area (TPSA) is 57.4 Å². The third kappa shape index (κ3) is 2.58. The Hall–Kier alpha value is -2.82. The van der Waals surface area contributed by atoms with Crippen LogP contribution in [-0.4, -0.2) is 12.1 Å². The molecule has 0 radical (unpaired) electrons. The first-order valence-corrected chi connectivity index (χ1v) is 6.33. The maximum absolute atomic E-state index is 13.7. The van der Waals surface area contributed by atoms with Gasteiger partial charge in [-0.25, -0.2) is 4.39 Å². The van der Waals surface area contributed by atoms with E-state index >= 15 is 0 Å². The first-order valence-electron chi connectivity index (χ1n) is 6.33. The van der Waals surface area contributed by atoms with Crippen LogP contribution in [0.2, 0.25) is 0 Å². The molecule has 4 nitrogen and oxygen atoms in total. The smallest absolute Gasteiger partial charge is 0.167 e. The zero-order valence-corrected chi connectivity index (χ0v) is 11.3. The number of rotatable bonds is 3. The Morgan fingerprint density at radius 1 is 1.05 bits per heavy atom. The van der Waals surface area contributed by atoms with Crippen molar-refractivity contribution >= 4 is 16.6 Å². The van der Waals surface area contributed by atoms with Gasteiger partial charge >= 0.3 is 0 Å². The molecule has 21 heavy (non-hydrogen) atoms. The normalized spacial score (nSPS) is 10.6. The second-order valence-corrected chi connectivity index (χ2v) is 4.48. The molecule has 0 aliphatic heterocycles. The summed E-state index contributed by atoms with van der Waals surface area (Å²) in [4.78, 5) is 4.14. The number of nitrogens with zero attached hydrogens (tertiary/aromatic N) is 1. The highest BCUT2D eigenvalue weighted by molar-refractivity contribution is 5.86. The van der Waals surface area contributed by atoms with Crippen molar-refractivity contribution in [1.82, 2.24) is 4.98 Å². The Balaban J connectivity index is 2.07. The van der Waals surface area contributed by atoms with Crippen LogP contribution < -0.4 is 15.2 Å². The van der Waals surface area contributed by atoms with Gasteiger partial charge in [0.2, 0.25) is 0 Å². The lowest BCUT2D eigenvalue weighted by molar-refractivity contribution is 0.387. The zero-order chi connectivity index (χ0) is 14.8. The van der Waals surface area contributed by atoms with Gasteiger partial charge in [-0.1, -0.05) is 0 Å². The quantitative estimate of drug-likeness (QED) is 0.744. The third-order valence-electron chi connectivity index (χ3n) is 3.08. The van der Waals surface area contributed by atoms with Crippen LogP contribution in [0.3, 0.4) is 0 Å². The lowest BCUT2D eigenvalue weighted by atomic mass is 10.2. The summed E-state index contributed by atoms with van der Waals surface area (Å²) in [6.07, 6.45) is 1.57. The molecule has 3 aromatic rings. The van der Waals surface area contributed by atoms with E-state index in [1.54, 1.807) is 42.6 Å². The molecule has 2 aromatic carbocycles. The van der Waals surface area contributed by atoms with E-state index in [4.69, 9.17) is 15.2 Å². The fraction of sp³-hybridized carbons (Fsp3) is 0.0625. The largest absolute Gasteiger partial charge is 0.494 e. The predicted molar refractivity (Wildman–Crippen MR) is 79.2 cm³/mol. The van der Waals surface area contributed by atoms with E-state index in [1.807, 2.05) is 0 Å². The van der Waals surface area contributed by atoms with Gasteiger partial charge in [-0.05, 0) is 36.4 Å². The number of benzene rings is 2. The number of halogens is 1. The van der Waals surface area contributed by atoms with Crippen LogP contribution in [0.1, 0.15) is 0 Å². The van der Waals surface area contributed by atoms with Crippen molar-refractivity contribution in [3.8, 4) is 17.2 Å². The summed E-state index contributed by atoms with van der Waals surface area (Å²) in [5.41, 5.74) is 6.80. The summed E-state index contributed by atoms with van der Waals surface area (Å²) >= 11 is 0. The molecule has 5 heteroatoms. The molecule has 0 aliphatic rings. The van der Waals surface area contributed by atoms with Crippen LogP contribution >= 0.6 is 0 Å². The van der Waals surface area contributed by atoms with Gasteiger partial charge in [0.25, 0.3) is 0 Å². The van der Waals surface area contributed by atoms with E-state index in [1.165, 1.54) is 13.2 Å². The maximum Gasteiger partial charge on any atom is 0.167 e. The molecule has 106 valence electrons. The lowest BCUT2D eigenvalue weighted by Crippen LogP contribution is -1.92. The Morgan fingerprint density at radius 3 is 2.52 bits per heavy atom. The van der Waals surface area contributed by atoms with Crippen molar-refractivity contribution in [3.05, 3.63) is 54.5 Å². The van der Waals surface area contributed by atoms with E-state index in [-0.39, 0.29) is 5.75 Å². The molecule has 3 rings (SSSR count). The molecular weight excluding hydrogens is 271 g/mol. The average molecular weight is 284 g/mol. The number of anilines is 1. The molecule has 0 spiro atoms. The molecular formula is C16H13FN2O2. The molecule has 0 unspecified atom stereocenters. The van der Waals surface area contributed by atoms with Gasteiger partial charge in [-0.15, -0.1) is 0 Å². The minimum atomic E-state index is -0.456. The highest BCUT2D eigenvalue weighted by atomic mass is 19.1. The van der Waals surface area contributed by atoms with Crippen LogP contribution in [0.5, 0.6) is 17.2 Å². The highest BCUT2D eigenvalue weighted by Crippen LogP contribution is 2.32. The van der Waals surface area contributed by atoms with Gasteiger partial charge in [0, 0.05) is 23.3 Å². The van der Waals surface area contributed by atoms with Gasteiger partial charge in [0.05, 0.1) is 12.6 Å². The Morgan fingerprint density at radius 2 is 1.81 bits per heavy atom. The SMILES string of the molecule is COc1cc2c(Oc3ccc(N)cc3)ccnc2cc1F. The molecule has 1 heterocycles. The van der Waals surface area contributed by atoms with Crippen molar-refractivity contribution < 1.29 is 13.9 Å². The van der Waals surface area contributed by atoms with Gasteiger partial charge in [0.15, 0.2) is 11.6 Å². The molecule has 0 amide bonds. The summed E-state index contributed by atoms with van der Waals surface area (Å²) in [6, 6.07) is 11.6. The number of aromatic nitrogens is 1. The zero-order valence-electron chi connectivity index (χ0n) is 11.3. The Labute approximate surface area is 120 Å². The summed E-state index contributed by atoms with van der Waals surface area (Å²) in [5, 5.41) is 0.674. The van der Waals surface area contributed by atoms with E-state index in [0.29, 0.717) is 28.1 Å². The number of ether oxygens (including phenoxy) is 2. The summed E-state index contributed by atoms with van der Waals surface area (Å²) in [6.45, 7) is 0. The first kappa shape index (κ1) is 13.2. The van der Waals surface area contributed by atoms with E-state index in [2.05, 4.69) is 4.98 Å². The molecule has 0 fully saturated rings. The van der Waals surface area contributed by atoms with Crippen molar-refractivity contribution in [3.63, 3.8) is 0 Å². The molecule has 0 aliphatic carbocycles. The maximum atomic E-state index is 13.7. The summed E-state index contributed by atoms with van der Waals surface area (Å²) in [5.74, 6) is 0.905. The predicted octanol–water partition coefficient (Wildman–Crippen LogP) is 3.76. The standard InChI is InChI=1S/C16H13FN2O2/c1-20-16-8-12-14(9-13(16)17)19-7-6-15(12)21-11-4-2-10(18)3-5-11/h2-9H,18H2,1H3. The minimum absolute atomic E-state index is 0.151. The van der Waals surface area contributed by atoms with E-state index in [0.717, 1.165) is 0 Å². The Kier molecular flexibility index (Phi) is 3.31. The number of nitrogen functional groups attached to an aromatic ring is 1. The molecule has 0 saturated heterocycles. The minimum Gasteiger partial charge on any atom is -0.494 e. The number of nitrogens with two attached hydrogens (primary N) is 1. The molecule has 2 N–H and O–H groups in total. The fourth-order valence-electron chi connectivity index (χ4n) is 2.03. The monoisotopic (exact) mass is 284 g/mol. The van der Waals surface area contributed by atoms with Gasteiger partial charge in [0.1, 0.15) is 11.5 Å². The second-order valence-electron chi connectivity index (χ2n) is 4.48. The summed E-state index contributed by atoms with van der Waals surface area (Å²) in [7, 11) is 1.42. The van der Waals surface area contributed by atoms with Crippen LogP contribution in [0.25, 0.3) is 10.9 Å². The lowest BCUT2D eigenvalue weighted by Gasteiger charge is -2.10. The van der Waals surface area contributed by atoms with Crippen LogP contribution in [-0.2, 0) is 0 Å². The number of hydrogen-bond donors (Lipinski definition) is 1. The average Bonchev–Trinajstić information content (AvgIpc) is 2.49. The van der Waals surface area contributed by atoms with Crippen molar-refractivity contribution in [1.29, 1.82) is 0 Å².